The second-order valence-corrected chi connectivity index (χ2v) is 9.07. The van der Waals surface area contributed by atoms with Crippen LogP contribution in [-0.4, -0.2) is 65.4 Å². The van der Waals surface area contributed by atoms with Gasteiger partial charge in [0.05, 0.1) is 0 Å². The molecule has 34 heavy (non-hydrogen) atoms. The summed E-state index contributed by atoms with van der Waals surface area (Å²) in [5, 5.41) is 2.71. The summed E-state index contributed by atoms with van der Waals surface area (Å²) in [5.41, 5.74) is 0.859. The molecule has 0 bridgehead atoms. The van der Waals surface area contributed by atoms with Gasteiger partial charge >= 0.3 is 0 Å². The number of carbonyl (C=O) groups is 2. The monoisotopic (exact) mass is 462 g/mol. The van der Waals surface area contributed by atoms with Crippen molar-refractivity contribution in [3.05, 3.63) is 75.7 Å². The maximum absolute atomic E-state index is 13.4. The van der Waals surface area contributed by atoms with E-state index < -0.39 is 11.3 Å². The normalized spacial score (nSPS) is 17.4. The molecule has 0 radical (unpaired) electrons. The average molecular weight is 463 g/mol. The Morgan fingerprint density at radius 1 is 1.00 bits per heavy atom. The summed E-state index contributed by atoms with van der Waals surface area (Å²) in [5.74, 6) is -0.689. The third-order valence-corrected chi connectivity index (χ3v) is 6.74. The molecule has 1 aromatic heterocycles. The lowest BCUT2D eigenvalue weighted by Crippen LogP contribution is -2.49. The number of nitrogens with zero attached hydrogens (tertiary/aromatic N) is 3. The maximum Gasteiger partial charge on any atom is 0.259 e. The third kappa shape index (κ3) is 5.65. The second kappa shape index (κ2) is 11.3. The van der Waals surface area contributed by atoms with Crippen LogP contribution in [-0.2, 0) is 0 Å². The molecule has 4 rings (SSSR count). The predicted molar refractivity (Wildman–Crippen MR) is 134 cm³/mol. The fraction of sp³-hybridized carbons (Fsp3) is 0.444. The molecular weight excluding hydrogens is 428 g/mol. The van der Waals surface area contributed by atoms with Crippen LogP contribution in [0.25, 0.3) is 6.08 Å². The predicted octanol–water partition coefficient (Wildman–Crippen LogP) is 3.18. The van der Waals surface area contributed by atoms with Crippen LogP contribution in [0, 0.1) is 0 Å². The zero-order valence-electron chi connectivity index (χ0n) is 19.9. The number of amides is 2. The van der Waals surface area contributed by atoms with E-state index in [1.54, 1.807) is 17.3 Å². The molecule has 0 unspecified atom stereocenters. The van der Waals surface area contributed by atoms with Crippen LogP contribution in [0.4, 0.5) is 0 Å². The molecular formula is C27H34N4O3. The molecule has 180 valence electrons. The highest BCUT2D eigenvalue weighted by Gasteiger charge is 2.27. The fourth-order valence-corrected chi connectivity index (χ4v) is 4.79. The van der Waals surface area contributed by atoms with Crippen molar-refractivity contribution in [3.8, 4) is 0 Å². The van der Waals surface area contributed by atoms with E-state index in [2.05, 4.69) is 34.5 Å². The van der Waals surface area contributed by atoms with Crippen molar-refractivity contribution >= 4 is 17.9 Å². The van der Waals surface area contributed by atoms with E-state index in [-0.39, 0.29) is 23.1 Å². The minimum atomic E-state index is -0.474. The van der Waals surface area contributed by atoms with Gasteiger partial charge < -0.3 is 14.8 Å². The van der Waals surface area contributed by atoms with Gasteiger partial charge in [-0.3, -0.25) is 19.3 Å². The Hall–Kier alpha value is -3.19. The molecule has 1 saturated heterocycles. The average Bonchev–Trinajstić information content (AvgIpc) is 3.40. The lowest BCUT2D eigenvalue weighted by atomic mass is 10.1. The van der Waals surface area contributed by atoms with Gasteiger partial charge in [-0.1, -0.05) is 55.3 Å². The number of carbonyl (C=O) groups excluding carboxylic acids is 2. The van der Waals surface area contributed by atoms with E-state index in [4.69, 9.17) is 0 Å². The smallest absolute Gasteiger partial charge is 0.259 e. The number of aromatic nitrogens is 1. The SMILES string of the molecule is CCNC(=O)c1cn(C2CCCC2)cc(C(=O)N2CCN(CC=Cc3ccccc3)CC2)c1=O. The number of hydrogen-bond donors (Lipinski definition) is 1. The van der Waals surface area contributed by atoms with Gasteiger partial charge in [-0.25, -0.2) is 0 Å². The highest BCUT2D eigenvalue weighted by atomic mass is 16.2. The minimum Gasteiger partial charge on any atom is -0.352 e. The fourth-order valence-electron chi connectivity index (χ4n) is 4.79. The second-order valence-electron chi connectivity index (χ2n) is 9.07. The van der Waals surface area contributed by atoms with Crippen molar-refractivity contribution in [2.45, 2.75) is 38.6 Å². The van der Waals surface area contributed by atoms with Crippen LogP contribution in [0.5, 0.6) is 0 Å². The van der Waals surface area contributed by atoms with Crippen molar-refractivity contribution in [1.29, 1.82) is 0 Å². The highest BCUT2D eigenvalue weighted by molar-refractivity contribution is 5.99. The Morgan fingerprint density at radius 2 is 1.68 bits per heavy atom. The molecule has 7 heteroatoms. The van der Waals surface area contributed by atoms with E-state index in [1.165, 1.54) is 5.56 Å². The van der Waals surface area contributed by atoms with Gasteiger partial charge in [-0.05, 0) is 25.3 Å². The Kier molecular flexibility index (Phi) is 7.95. The zero-order valence-corrected chi connectivity index (χ0v) is 19.9. The van der Waals surface area contributed by atoms with Crippen LogP contribution in [0.15, 0.2) is 53.6 Å². The van der Waals surface area contributed by atoms with Gasteiger partial charge in [-0.2, -0.15) is 0 Å². The number of piperazine rings is 1. The molecule has 1 N–H and O–H groups in total. The Bertz CT molecular complexity index is 1080. The van der Waals surface area contributed by atoms with Crippen LogP contribution < -0.4 is 10.7 Å². The summed E-state index contributed by atoms with van der Waals surface area (Å²) in [6.45, 7) is 5.68. The first-order valence-corrected chi connectivity index (χ1v) is 12.3. The molecule has 2 aromatic rings. The van der Waals surface area contributed by atoms with Crippen LogP contribution in [0.2, 0.25) is 0 Å². The summed E-state index contributed by atoms with van der Waals surface area (Å²) in [6.07, 6.45) is 11.8. The van der Waals surface area contributed by atoms with E-state index >= 15 is 0 Å². The molecule has 0 spiro atoms. The van der Waals surface area contributed by atoms with Crippen LogP contribution >= 0.6 is 0 Å². The molecule has 1 aromatic carbocycles. The molecule has 1 aliphatic heterocycles. The molecule has 1 aliphatic carbocycles. The molecule has 2 aliphatic rings. The Balaban J connectivity index is 1.45. The molecule has 1 saturated carbocycles. The van der Waals surface area contributed by atoms with Gasteiger partial charge in [0.1, 0.15) is 11.1 Å². The largest absolute Gasteiger partial charge is 0.352 e. The van der Waals surface area contributed by atoms with E-state index in [9.17, 15) is 14.4 Å². The Morgan fingerprint density at radius 3 is 2.35 bits per heavy atom. The quantitative estimate of drug-likeness (QED) is 0.686. The number of nitrogens with one attached hydrogen (secondary N) is 1. The third-order valence-electron chi connectivity index (χ3n) is 6.74. The van der Waals surface area contributed by atoms with Crippen molar-refractivity contribution < 1.29 is 9.59 Å². The molecule has 2 heterocycles. The highest BCUT2D eigenvalue weighted by Crippen LogP contribution is 2.29. The van der Waals surface area contributed by atoms with E-state index in [1.807, 2.05) is 29.7 Å². The summed E-state index contributed by atoms with van der Waals surface area (Å²) >= 11 is 0. The van der Waals surface area contributed by atoms with Crippen LogP contribution in [0.3, 0.4) is 0 Å². The number of pyridine rings is 1. The number of benzene rings is 1. The first kappa shape index (κ1) is 24.0. The summed E-state index contributed by atoms with van der Waals surface area (Å²) < 4.78 is 1.93. The van der Waals surface area contributed by atoms with Crippen molar-refractivity contribution in [2.24, 2.45) is 0 Å². The topological polar surface area (TPSA) is 74.7 Å². The lowest BCUT2D eigenvalue weighted by molar-refractivity contribution is 0.0648. The standard InChI is InChI=1S/C27H34N4O3/c1-2-28-26(33)23-19-31(22-12-6-7-13-22)20-24(25(23)32)27(34)30-17-15-29(16-18-30)14-8-11-21-9-4-3-5-10-21/h3-5,8-11,19-20,22H,2,6-7,12-18H2,1H3,(H,28,33). The first-order valence-electron chi connectivity index (χ1n) is 12.3. The summed E-state index contributed by atoms with van der Waals surface area (Å²) in [4.78, 5) is 43.1. The van der Waals surface area contributed by atoms with Crippen molar-refractivity contribution in [2.75, 3.05) is 39.3 Å². The molecule has 7 nitrogen and oxygen atoms in total. The minimum absolute atomic E-state index is 0.0595. The first-order chi connectivity index (χ1) is 16.6. The molecule has 0 atom stereocenters. The van der Waals surface area contributed by atoms with Gasteiger partial charge in [0.2, 0.25) is 5.43 Å². The zero-order chi connectivity index (χ0) is 23.9. The van der Waals surface area contributed by atoms with Gasteiger partial charge in [0, 0.05) is 57.7 Å². The lowest BCUT2D eigenvalue weighted by Gasteiger charge is -2.34. The van der Waals surface area contributed by atoms with Crippen LogP contribution in [0.1, 0.15) is 64.9 Å². The number of rotatable bonds is 7. The summed E-state index contributed by atoms with van der Waals surface area (Å²) in [7, 11) is 0. The molecule has 2 fully saturated rings. The van der Waals surface area contributed by atoms with Gasteiger partial charge in [-0.15, -0.1) is 0 Å². The van der Waals surface area contributed by atoms with Gasteiger partial charge in [0.25, 0.3) is 11.8 Å². The molecule has 2 amide bonds. The maximum atomic E-state index is 13.4. The summed E-state index contributed by atoms with van der Waals surface area (Å²) in [6, 6.07) is 10.4. The van der Waals surface area contributed by atoms with E-state index in [0.717, 1.165) is 45.3 Å². The number of hydrogen-bond acceptors (Lipinski definition) is 4. The van der Waals surface area contributed by atoms with E-state index in [0.29, 0.717) is 19.6 Å². The van der Waals surface area contributed by atoms with Crippen molar-refractivity contribution in [1.82, 2.24) is 19.7 Å². The van der Waals surface area contributed by atoms with Crippen molar-refractivity contribution in [3.63, 3.8) is 0 Å². The Labute approximate surface area is 201 Å². The van der Waals surface area contributed by atoms with Gasteiger partial charge in [0.15, 0.2) is 0 Å².